The molecule has 0 aliphatic rings. The highest BCUT2D eigenvalue weighted by molar-refractivity contribution is 6.50. The Morgan fingerprint density at radius 3 is 1.12 bits per heavy atom. The predicted molar refractivity (Wildman–Crippen MR) is 104 cm³/mol. The molecule has 0 spiro atoms. The number of H-pyrrole nitrogens is 2. The molecule has 0 atom stereocenters. The van der Waals surface area contributed by atoms with Crippen LogP contribution in [-0.4, -0.2) is 28.7 Å². The normalized spacial score (nSPS) is 10.8. The van der Waals surface area contributed by atoms with Gasteiger partial charge in [-0.1, -0.05) is 0 Å². The van der Waals surface area contributed by atoms with Crippen LogP contribution in [0, 0.1) is 0 Å². The van der Waals surface area contributed by atoms with Crippen LogP contribution in [0.3, 0.4) is 0 Å². The van der Waals surface area contributed by atoms with Crippen molar-refractivity contribution in [2.45, 2.75) is 0 Å². The first-order valence-electron chi connectivity index (χ1n) is 8.78. The first-order valence-corrected chi connectivity index (χ1v) is 8.78. The molecule has 0 unspecified atom stereocenters. The van der Waals surface area contributed by atoms with Gasteiger partial charge in [-0.3, -0.25) is 0 Å². The minimum Gasteiger partial charge on any atom is -0.496 e. The molecular formula is C18H18B2F8N2O2. The Hall–Kier alpha value is -3.31. The number of methoxy groups -OCH3 is 2. The number of hydrogen-bond acceptors (Lipinski definition) is 2. The summed E-state index contributed by atoms with van der Waals surface area (Å²) >= 11 is 0. The quantitative estimate of drug-likeness (QED) is 0.388. The van der Waals surface area contributed by atoms with Crippen LogP contribution < -0.4 is 19.4 Å². The molecule has 0 radical (unpaired) electrons. The summed E-state index contributed by atoms with van der Waals surface area (Å²) in [7, 11) is -8.65. The standard InChI is InChI=1S/C18H16N2O2.2BF4/c1-21-17-11-14(16-8-4-6-10-20-16)18(22-2)12-13(17)15-7-3-5-9-19-15;2*2-1(3,4)5/h3-12H,1-2H3;;/q;2*-1/p+2. The zero-order chi connectivity index (χ0) is 24.4. The van der Waals surface area contributed by atoms with Gasteiger partial charge in [0.25, 0.3) is 0 Å². The van der Waals surface area contributed by atoms with E-state index in [1.807, 2.05) is 60.9 Å². The van der Waals surface area contributed by atoms with Crippen molar-refractivity contribution in [3.8, 4) is 34.0 Å². The van der Waals surface area contributed by atoms with Gasteiger partial charge in [-0.2, -0.15) is 0 Å². The van der Waals surface area contributed by atoms with Gasteiger partial charge in [0, 0.05) is 24.3 Å². The second kappa shape index (κ2) is 11.9. The molecule has 32 heavy (non-hydrogen) atoms. The lowest BCUT2D eigenvalue weighted by molar-refractivity contribution is -0.365. The molecule has 174 valence electrons. The van der Waals surface area contributed by atoms with Crippen molar-refractivity contribution in [2.24, 2.45) is 0 Å². The highest BCUT2D eigenvalue weighted by Gasteiger charge is 2.21. The van der Waals surface area contributed by atoms with Gasteiger partial charge in [-0.05, 0) is 24.3 Å². The van der Waals surface area contributed by atoms with Crippen LogP contribution in [0.4, 0.5) is 34.5 Å². The fourth-order valence-electron chi connectivity index (χ4n) is 2.44. The van der Waals surface area contributed by atoms with Gasteiger partial charge in [0.1, 0.15) is 11.5 Å². The fourth-order valence-corrected chi connectivity index (χ4v) is 2.44. The van der Waals surface area contributed by atoms with Crippen molar-refractivity contribution >= 4 is 14.5 Å². The van der Waals surface area contributed by atoms with E-state index in [2.05, 4.69) is 9.97 Å². The topological polar surface area (TPSA) is 46.7 Å². The third kappa shape index (κ3) is 10.6. The number of aromatic nitrogens is 2. The minimum atomic E-state index is -6.00. The Bertz CT molecular complexity index is 868. The molecule has 0 aliphatic heterocycles. The van der Waals surface area contributed by atoms with E-state index in [-0.39, 0.29) is 0 Å². The van der Waals surface area contributed by atoms with Gasteiger partial charge in [0.2, 0.25) is 11.4 Å². The summed E-state index contributed by atoms with van der Waals surface area (Å²) in [6.45, 7) is 0. The van der Waals surface area contributed by atoms with Crippen molar-refractivity contribution in [3.63, 3.8) is 0 Å². The van der Waals surface area contributed by atoms with E-state index < -0.39 is 14.5 Å². The first kappa shape index (κ1) is 26.7. The molecule has 14 heteroatoms. The van der Waals surface area contributed by atoms with Crippen LogP contribution in [0.1, 0.15) is 0 Å². The maximum absolute atomic E-state index is 9.75. The third-order valence-electron chi connectivity index (χ3n) is 3.52. The molecule has 0 saturated carbocycles. The third-order valence-corrected chi connectivity index (χ3v) is 3.52. The van der Waals surface area contributed by atoms with E-state index in [0.717, 1.165) is 34.0 Å². The number of halogens is 8. The van der Waals surface area contributed by atoms with Crippen molar-refractivity contribution < 1.29 is 54.0 Å². The molecule has 0 amide bonds. The van der Waals surface area contributed by atoms with E-state index in [1.165, 1.54) is 0 Å². The van der Waals surface area contributed by atoms with Crippen LogP contribution in [0.15, 0.2) is 60.9 Å². The molecule has 2 N–H and O–H groups in total. The van der Waals surface area contributed by atoms with E-state index in [0.29, 0.717) is 0 Å². The molecule has 3 rings (SSSR count). The Kier molecular flexibility index (Phi) is 9.95. The molecule has 3 aromatic rings. The Morgan fingerprint density at radius 2 is 0.906 bits per heavy atom. The summed E-state index contributed by atoms with van der Waals surface area (Å²) in [5, 5.41) is 0. The van der Waals surface area contributed by atoms with Crippen LogP contribution in [0.2, 0.25) is 0 Å². The lowest BCUT2D eigenvalue weighted by Gasteiger charge is -2.11. The summed E-state index contributed by atoms with van der Waals surface area (Å²) in [6, 6.07) is 15.8. The predicted octanol–water partition coefficient (Wildman–Crippen LogP) is 5.27. The first-order chi connectivity index (χ1) is 14.8. The molecule has 0 saturated heterocycles. The fraction of sp³-hybridized carbons (Fsp3) is 0.111. The lowest BCUT2D eigenvalue weighted by atomic mass is 10.0. The summed E-state index contributed by atoms with van der Waals surface area (Å²) < 4.78 is 89.1. The van der Waals surface area contributed by atoms with E-state index >= 15 is 0 Å². The molecular weight excluding hydrogens is 450 g/mol. The maximum atomic E-state index is 9.75. The van der Waals surface area contributed by atoms with Gasteiger partial charge >= 0.3 is 14.5 Å². The summed E-state index contributed by atoms with van der Waals surface area (Å²) in [5.74, 6) is 1.58. The van der Waals surface area contributed by atoms with Gasteiger partial charge in [0.05, 0.1) is 25.3 Å². The number of aromatic amines is 2. The van der Waals surface area contributed by atoms with Gasteiger partial charge in [-0.25, -0.2) is 9.97 Å². The Balaban J connectivity index is 0.000000431. The van der Waals surface area contributed by atoms with Crippen molar-refractivity contribution in [1.29, 1.82) is 0 Å². The second-order valence-electron chi connectivity index (χ2n) is 5.80. The number of pyridine rings is 2. The van der Waals surface area contributed by atoms with E-state index in [1.54, 1.807) is 14.2 Å². The Labute approximate surface area is 178 Å². The molecule has 1 aromatic carbocycles. The number of nitrogens with one attached hydrogen (secondary N) is 2. The van der Waals surface area contributed by atoms with Crippen molar-refractivity contribution in [1.82, 2.24) is 0 Å². The van der Waals surface area contributed by atoms with Crippen LogP contribution >= 0.6 is 0 Å². The van der Waals surface area contributed by atoms with Crippen LogP contribution in [0.5, 0.6) is 11.5 Å². The molecule has 4 nitrogen and oxygen atoms in total. The van der Waals surface area contributed by atoms with E-state index in [4.69, 9.17) is 9.47 Å². The SMILES string of the molecule is COc1cc(-c2cccc[nH+]2)c(OC)cc1-c1cccc[nH+]1.F[B-](F)(F)F.F[B-](F)(F)F. The zero-order valence-electron chi connectivity index (χ0n) is 16.8. The number of ether oxygens (including phenoxy) is 2. The molecule has 2 heterocycles. The number of benzene rings is 1. The highest BCUT2D eigenvalue weighted by Crippen LogP contribution is 2.38. The average Bonchev–Trinajstić information content (AvgIpc) is 2.71. The van der Waals surface area contributed by atoms with Gasteiger partial charge in [-0.15, -0.1) is 0 Å². The monoisotopic (exact) mass is 468 g/mol. The Morgan fingerprint density at radius 1 is 0.594 bits per heavy atom. The second-order valence-corrected chi connectivity index (χ2v) is 5.80. The van der Waals surface area contributed by atoms with Gasteiger partial charge in [0.15, 0.2) is 12.4 Å². The number of hydrogen-bond donors (Lipinski definition) is 0. The smallest absolute Gasteiger partial charge is 0.496 e. The molecule has 2 aromatic heterocycles. The number of rotatable bonds is 4. The summed E-state index contributed by atoms with van der Waals surface area (Å²) in [5.41, 5.74) is 3.86. The summed E-state index contributed by atoms with van der Waals surface area (Å²) in [4.78, 5) is 6.45. The van der Waals surface area contributed by atoms with E-state index in [9.17, 15) is 34.5 Å². The zero-order valence-corrected chi connectivity index (χ0v) is 16.8. The molecule has 0 aliphatic carbocycles. The van der Waals surface area contributed by atoms with Crippen LogP contribution in [-0.2, 0) is 0 Å². The highest BCUT2D eigenvalue weighted by atomic mass is 19.5. The molecule has 0 fully saturated rings. The largest absolute Gasteiger partial charge is 0.673 e. The average molecular weight is 468 g/mol. The molecule has 0 bridgehead atoms. The van der Waals surface area contributed by atoms with Crippen molar-refractivity contribution in [2.75, 3.05) is 14.2 Å². The maximum Gasteiger partial charge on any atom is 0.673 e. The summed E-state index contributed by atoms with van der Waals surface area (Å²) in [6.07, 6.45) is 3.78. The van der Waals surface area contributed by atoms with Gasteiger partial charge < -0.3 is 44.0 Å². The van der Waals surface area contributed by atoms with Crippen LogP contribution in [0.25, 0.3) is 22.5 Å². The van der Waals surface area contributed by atoms with Crippen molar-refractivity contribution in [3.05, 3.63) is 60.9 Å². The minimum absolute atomic E-state index is 0.788. The lowest BCUT2D eigenvalue weighted by Crippen LogP contribution is -2.08.